The number of ketones is 1. The highest BCUT2D eigenvalue weighted by molar-refractivity contribution is 5.86. The lowest BCUT2D eigenvalue weighted by molar-refractivity contribution is -0.147. The zero-order chi connectivity index (χ0) is 19.0. The van der Waals surface area contributed by atoms with Crippen LogP contribution in [0.5, 0.6) is 0 Å². The van der Waals surface area contributed by atoms with Crippen LogP contribution in [0.4, 0.5) is 0 Å². The largest absolute Gasteiger partial charge is 0.480 e. The third kappa shape index (κ3) is 5.87. The van der Waals surface area contributed by atoms with Crippen molar-refractivity contribution in [2.24, 2.45) is 5.29 Å². The molecule has 5 N–H and O–H groups in total. The molecule has 1 aromatic rings. The summed E-state index contributed by atoms with van der Waals surface area (Å²) in [5.41, 5.74) is 0.590. The molecule has 0 aliphatic heterocycles. The molecule has 0 fully saturated rings. The second-order valence-corrected chi connectivity index (χ2v) is 5.37. The van der Waals surface area contributed by atoms with Gasteiger partial charge < -0.3 is 25.5 Å². The first-order valence-corrected chi connectivity index (χ1v) is 7.36. The van der Waals surface area contributed by atoms with Crippen LogP contribution in [-0.4, -0.2) is 79.8 Å². The number of benzene rings is 1. The van der Waals surface area contributed by atoms with E-state index < -0.39 is 49.3 Å². The average Bonchev–Trinajstić information content (AvgIpc) is 2.62. The highest BCUT2D eigenvalue weighted by Crippen LogP contribution is 2.12. The van der Waals surface area contributed by atoms with E-state index in [-0.39, 0.29) is 6.42 Å². The Balaban J connectivity index is 2.84. The smallest absolute Gasteiger partial charge is 0.328 e. The van der Waals surface area contributed by atoms with Crippen LogP contribution in [0.1, 0.15) is 5.56 Å². The Morgan fingerprint density at radius 2 is 1.72 bits per heavy atom. The lowest BCUT2D eigenvalue weighted by Crippen LogP contribution is -2.49. The lowest BCUT2D eigenvalue weighted by atomic mass is 10.0. The van der Waals surface area contributed by atoms with Gasteiger partial charge in [-0.3, -0.25) is 4.79 Å². The standard InChI is InChI=1S/C15H20N2O8/c18-8-12(20)14(22)13(21)11(19)7-17(16-25)10(15(23)24)6-9-4-2-1-3-5-9/h1-5,10,12-14,18,20-22H,6-8H2,(H,23,24)/t10-,12+,13+,14+/m0/s1. The molecule has 0 heterocycles. The summed E-state index contributed by atoms with van der Waals surface area (Å²) in [6, 6.07) is 6.88. The zero-order valence-electron chi connectivity index (χ0n) is 13.2. The predicted molar refractivity (Wildman–Crippen MR) is 84.2 cm³/mol. The Kier molecular flexibility index (Phi) is 8.08. The molecule has 10 nitrogen and oxygen atoms in total. The third-order valence-electron chi connectivity index (χ3n) is 3.57. The summed E-state index contributed by atoms with van der Waals surface area (Å²) in [4.78, 5) is 34.3. The lowest BCUT2D eigenvalue weighted by Gasteiger charge is -2.25. The number of rotatable bonds is 11. The molecule has 4 atom stereocenters. The van der Waals surface area contributed by atoms with Gasteiger partial charge in [0.2, 0.25) is 0 Å². The van der Waals surface area contributed by atoms with Crippen molar-refractivity contribution in [3.05, 3.63) is 40.8 Å². The van der Waals surface area contributed by atoms with Gasteiger partial charge in [0.05, 0.1) is 11.9 Å². The summed E-state index contributed by atoms with van der Waals surface area (Å²) in [6.07, 6.45) is -5.98. The van der Waals surface area contributed by atoms with Gasteiger partial charge in [0.25, 0.3) is 0 Å². The van der Waals surface area contributed by atoms with Gasteiger partial charge in [-0.2, -0.15) is 0 Å². The maximum Gasteiger partial charge on any atom is 0.328 e. The zero-order valence-corrected chi connectivity index (χ0v) is 13.2. The van der Waals surface area contributed by atoms with E-state index in [1.54, 1.807) is 30.3 Å². The average molecular weight is 356 g/mol. The van der Waals surface area contributed by atoms with Crippen LogP contribution in [0.2, 0.25) is 0 Å². The minimum absolute atomic E-state index is 0.118. The van der Waals surface area contributed by atoms with Crippen LogP contribution >= 0.6 is 0 Å². The molecule has 0 aromatic heterocycles. The topological polar surface area (TPSA) is 168 Å². The number of carboxylic acid groups (broad SMARTS) is 1. The highest BCUT2D eigenvalue weighted by Gasteiger charge is 2.34. The number of Topliss-reactive ketones (excluding diaryl/α,β-unsaturated/α-hetero) is 1. The first kappa shape index (κ1) is 20.6. The Morgan fingerprint density at radius 1 is 1.12 bits per heavy atom. The fourth-order valence-electron chi connectivity index (χ4n) is 2.12. The number of nitrogens with zero attached hydrogens (tertiary/aromatic N) is 2. The molecule has 0 saturated heterocycles. The van der Waals surface area contributed by atoms with Crippen molar-refractivity contribution < 1.29 is 35.1 Å². The monoisotopic (exact) mass is 356 g/mol. The fraction of sp³-hybridized carbons (Fsp3) is 0.467. The van der Waals surface area contributed by atoms with Gasteiger partial charge in [0.15, 0.2) is 11.8 Å². The maximum absolute atomic E-state index is 11.9. The predicted octanol–water partition coefficient (Wildman–Crippen LogP) is -1.69. The summed E-state index contributed by atoms with van der Waals surface area (Å²) >= 11 is 0. The summed E-state index contributed by atoms with van der Waals surface area (Å²) in [5.74, 6) is -2.53. The van der Waals surface area contributed by atoms with Crippen LogP contribution in [0.3, 0.4) is 0 Å². The Bertz CT molecular complexity index is 582. The van der Waals surface area contributed by atoms with E-state index in [2.05, 4.69) is 5.29 Å². The number of aliphatic hydroxyl groups is 4. The second-order valence-electron chi connectivity index (χ2n) is 5.37. The first-order valence-electron chi connectivity index (χ1n) is 7.36. The highest BCUT2D eigenvalue weighted by atomic mass is 16.4. The summed E-state index contributed by atoms with van der Waals surface area (Å²) in [6.45, 7) is -1.78. The van der Waals surface area contributed by atoms with Gasteiger partial charge in [0, 0.05) is 6.42 Å². The number of carbonyl (C=O) groups is 2. The normalized spacial score (nSPS) is 15.7. The molecule has 0 unspecified atom stereocenters. The van der Waals surface area contributed by atoms with E-state index in [4.69, 9.17) is 5.11 Å². The number of carbonyl (C=O) groups excluding carboxylic acids is 1. The molecule has 0 aliphatic rings. The minimum Gasteiger partial charge on any atom is -0.480 e. The molecule has 10 heteroatoms. The van der Waals surface area contributed by atoms with Crippen molar-refractivity contribution in [1.29, 1.82) is 0 Å². The third-order valence-corrected chi connectivity index (χ3v) is 3.57. The van der Waals surface area contributed by atoms with E-state index in [1.165, 1.54) is 0 Å². The van der Waals surface area contributed by atoms with Crippen LogP contribution < -0.4 is 0 Å². The number of aliphatic carboxylic acids is 1. The molecule has 25 heavy (non-hydrogen) atoms. The van der Waals surface area contributed by atoms with Crippen molar-refractivity contribution >= 4 is 11.8 Å². The summed E-state index contributed by atoms with van der Waals surface area (Å²) in [7, 11) is 0. The van der Waals surface area contributed by atoms with Crippen molar-refractivity contribution in [3.8, 4) is 0 Å². The Labute approximate surface area is 142 Å². The number of hydrogen-bond acceptors (Lipinski definition) is 8. The van der Waals surface area contributed by atoms with Gasteiger partial charge >= 0.3 is 5.97 Å². The SMILES string of the molecule is O=NN(CC(=O)[C@@H](O)[C@H](O)[C@H](O)CO)[C@@H](Cc1ccccc1)C(=O)O. The number of hydrogen-bond donors (Lipinski definition) is 5. The van der Waals surface area contributed by atoms with Gasteiger partial charge in [0.1, 0.15) is 24.9 Å². The molecule has 0 spiro atoms. The van der Waals surface area contributed by atoms with E-state index in [9.17, 15) is 34.9 Å². The van der Waals surface area contributed by atoms with E-state index >= 15 is 0 Å². The maximum atomic E-state index is 11.9. The van der Waals surface area contributed by atoms with Gasteiger partial charge in [-0.15, -0.1) is 4.91 Å². The molecule has 1 aromatic carbocycles. The number of carboxylic acids is 1. The molecular weight excluding hydrogens is 336 g/mol. The van der Waals surface area contributed by atoms with Crippen LogP contribution in [0.15, 0.2) is 35.6 Å². The number of nitroso groups, excluding NO2 is 1. The molecular formula is C15H20N2O8. The second kappa shape index (κ2) is 9.79. The molecule has 0 aliphatic carbocycles. The van der Waals surface area contributed by atoms with Crippen molar-refractivity contribution in [3.63, 3.8) is 0 Å². The van der Waals surface area contributed by atoms with E-state index in [0.717, 1.165) is 0 Å². The number of aliphatic hydroxyl groups excluding tert-OH is 4. The fourth-order valence-corrected chi connectivity index (χ4v) is 2.12. The van der Waals surface area contributed by atoms with Crippen molar-refractivity contribution in [2.75, 3.05) is 13.2 Å². The summed E-state index contributed by atoms with van der Waals surface area (Å²) < 4.78 is 0. The van der Waals surface area contributed by atoms with Crippen LogP contribution in [0.25, 0.3) is 0 Å². The quantitative estimate of drug-likeness (QED) is 0.229. The summed E-state index contributed by atoms with van der Waals surface area (Å²) in [5, 5.41) is 49.3. The molecule has 0 saturated carbocycles. The van der Waals surface area contributed by atoms with Gasteiger partial charge in [-0.05, 0) is 5.56 Å². The minimum atomic E-state index is -2.11. The van der Waals surface area contributed by atoms with Crippen molar-refractivity contribution in [2.45, 2.75) is 30.8 Å². The van der Waals surface area contributed by atoms with E-state index in [1.807, 2.05) is 0 Å². The Hall–Kier alpha value is -2.40. The van der Waals surface area contributed by atoms with Gasteiger partial charge in [-0.25, -0.2) is 9.80 Å². The molecule has 0 radical (unpaired) electrons. The molecule has 1 rings (SSSR count). The van der Waals surface area contributed by atoms with Crippen LogP contribution in [-0.2, 0) is 16.0 Å². The molecule has 138 valence electrons. The first-order chi connectivity index (χ1) is 11.8. The van der Waals surface area contributed by atoms with Gasteiger partial charge in [-0.1, -0.05) is 30.3 Å². The van der Waals surface area contributed by atoms with E-state index in [0.29, 0.717) is 10.6 Å². The van der Waals surface area contributed by atoms with Crippen molar-refractivity contribution in [1.82, 2.24) is 5.01 Å². The molecule has 0 bridgehead atoms. The van der Waals surface area contributed by atoms with Crippen LogP contribution in [0, 0.1) is 4.91 Å². The Morgan fingerprint density at radius 3 is 2.20 bits per heavy atom. The molecule has 0 amide bonds.